The largest absolute Gasteiger partial charge is 0.468 e. The molecule has 1 rings (SSSR count). The average molecular weight is 242 g/mol. The van der Waals surface area contributed by atoms with Gasteiger partial charge < -0.3 is 19.6 Å². The predicted molar refractivity (Wildman–Crippen MR) is 65.8 cm³/mol. The van der Waals surface area contributed by atoms with Crippen LogP contribution >= 0.6 is 0 Å². The van der Waals surface area contributed by atoms with Crippen molar-refractivity contribution in [3.63, 3.8) is 0 Å². The second-order valence-corrected chi connectivity index (χ2v) is 3.79. The van der Waals surface area contributed by atoms with Gasteiger partial charge in [-0.2, -0.15) is 0 Å². The van der Waals surface area contributed by atoms with Gasteiger partial charge >= 0.3 is 0 Å². The van der Waals surface area contributed by atoms with E-state index in [1.165, 1.54) is 0 Å². The van der Waals surface area contributed by atoms with Crippen molar-refractivity contribution in [1.29, 1.82) is 0 Å². The van der Waals surface area contributed by atoms with Gasteiger partial charge in [-0.25, -0.2) is 0 Å². The van der Waals surface area contributed by atoms with E-state index in [9.17, 15) is 0 Å². The smallest absolute Gasteiger partial charge is 0.122 e. The zero-order valence-corrected chi connectivity index (χ0v) is 10.6. The van der Waals surface area contributed by atoms with Crippen molar-refractivity contribution in [3.8, 4) is 0 Å². The lowest BCUT2D eigenvalue weighted by molar-refractivity contribution is 0.0823. The Hall–Kier alpha value is -0.880. The molecule has 0 spiro atoms. The van der Waals surface area contributed by atoms with Gasteiger partial charge in [0, 0.05) is 33.9 Å². The zero-order chi connectivity index (χ0) is 12.5. The molecule has 1 aromatic rings. The van der Waals surface area contributed by atoms with Crippen LogP contribution in [0, 0.1) is 0 Å². The summed E-state index contributed by atoms with van der Waals surface area (Å²) in [7, 11) is 3.39. The highest BCUT2D eigenvalue weighted by molar-refractivity contribution is 5.05. The van der Waals surface area contributed by atoms with Gasteiger partial charge in [-0.05, 0) is 12.1 Å². The van der Waals surface area contributed by atoms with E-state index in [4.69, 9.17) is 19.6 Å². The molecule has 0 aliphatic rings. The van der Waals surface area contributed by atoms with Gasteiger partial charge in [0.05, 0.1) is 25.5 Å². The van der Waals surface area contributed by atoms with Crippen LogP contribution < -0.4 is 5.73 Å². The van der Waals surface area contributed by atoms with Crippen LogP contribution in [-0.4, -0.2) is 52.0 Å². The lowest BCUT2D eigenvalue weighted by Crippen LogP contribution is -2.38. The summed E-state index contributed by atoms with van der Waals surface area (Å²) < 4.78 is 15.6. The monoisotopic (exact) mass is 242 g/mol. The van der Waals surface area contributed by atoms with E-state index in [1.807, 2.05) is 12.1 Å². The van der Waals surface area contributed by atoms with Crippen LogP contribution in [0.25, 0.3) is 0 Å². The number of nitrogens with two attached hydrogens (primary N) is 1. The van der Waals surface area contributed by atoms with E-state index in [2.05, 4.69) is 4.90 Å². The molecular formula is C12H22N2O3. The van der Waals surface area contributed by atoms with Crippen LogP contribution in [-0.2, 0) is 9.47 Å². The van der Waals surface area contributed by atoms with E-state index in [-0.39, 0.29) is 6.04 Å². The van der Waals surface area contributed by atoms with Crippen molar-refractivity contribution in [2.45, 2.75) is 6.04 Å². The molecule has 0 fully saturated rings. The Morgan fingerprint density at radius 3 is 2.35 bits per heavy atom. The van der Waals surface area contributed by atoms with Crippen LogP contribution in [0.1, 0.15) is 11.8 Å². The fraction of sp³-hybridized carbons (Fsp3) is 0.667. The van der Waals surface area contributed by atoms with E-state index < -0.39 is 0 Å². The highest BCUT2D eigenvalue weighted by atomic mass is 16.5. The molecule has 1 unspecified atom stereocenters. The lowest BCUT2D eigenvalue weighted by atomic mass is 10.2. The minimum atomic E-state index is 0.0790. The Labute approximate surface area is 102 Å². The molecule has 1 atom stereocenters. The lowest BCUT2D eigenvalue weighted by Gasteiger charge is -2.28. The van der Waals surface area contributed by atoms with Crippen molar-refractivity contribution in [2.24, 2.45) is 5.73 Å². The van der Waals surface area contributed by atoms with E-state index in [0.29, 0.717) is 19.8 Å². The summed E-state index contributed by atoms with van der Waals surface area (Å²) in [5.74, 6) is 0.889. The Kier molecular flexibility index (Phi) is 6.88. The van der Waals surface area contributed by atoms with Gasteiger partial charge in [-0.3, -0.25) is 4.90 Å². The number of furan rings is 1. The Morgan fingerprint density at radius 1 is 1.29 bits per heavy atom. The molecule has 1 aromatic heterocycles. The summed E-state index contributed by atoms with van der Waals surface area (Å²) in [5, 5.41) is 0. The van der Waals surface area contributed by atoms with Crippen LogP contribution in [0.4, 0.5) is 0 Å². The van der Waals surface area contributed by atoms with Crippen molar-refractivity contribution < 1.29 is 13.9 Å². The minimum absolute atomic E-state index is 0.0790. The molecule has 0 bridgehead atoms. The molecule has 0 aromatic carbocycles. The van der Waals surface area contributed by atoms with Crippen molar-refractivity contribution >= 4 is 0 Å². The van der Waals surface area contributed by atoms with Crippen LogP contribution in [0.2, 0.25) is 0 Å². The molecule has 0 aliphatic carbocycles. The first-order chi connectivity index (χ1) is 8.33. The summed E-state index contributed by atoms with van der Waals surface area (Å²) in [5.41, 5.74) is 5.83. The molecule has 17 heavy (non-hydrogen) atoms. The number of hydrogen-bond donors (Lipinski definition) is 1. The maximum atomic E-state index is 5.83. The summed E-state index contributed by atoms with van der Waals surface area (Å²) in [4.78, 5) is 2.21. The minimum Gasteiger partial charge on any atom is -0.468 e. The SMILES string of the molecule is COCCN(CCOC)C(CN)c1ccco1. The van der Waals surface area contributed by atoms with Crippen LogP contribution in [0.3, 0.4) is 0 Å². The van der Waals surface area contributed by atoms with E-state index >= 15 is 0 Å². The fourth-order valence-electron chi connectivity index (χ4n) is 1.77. The topological polar surface area (TPSA) is 60.9 Å². The molecule has 5 nitrogen and oxygen atoms in total. The summed E-state index contributed by atoms with van der Waals surface area (Å²) in [6.07, 6.45) is 1.67. The molecular weight excluding hydrogens is 220 g/mol. The summed E-state index contributed by atoms with van der Waals surface area (Å²) >= 11 is 0. The average Bonchev–Trinajstić information content (AvgIpc) is 2.86. The second-order valence-electron chi connectivity index (χ2n) is 3.79. The highest BCUT2D eigenvalue weighted by Gasteiger charge is 2.20. The number of methoxy groups -OCH3 is 2. The third kappa shape index (κ3) is 4.47. The first-order valence-corrected chi connectivity index (χ1v) is 5.78. The van der Waals surface area contributed by atoms with Gasteiger partial charge in [-0.1, -0.05) is 0 Å². The Morgan fingerprint density at radius 2 is 1.94 bits per heavy atom. The third-order valence-corrected chi connectivity index (χ3v) is 2.70. The van der Waals surface area contributed by atoms with Crippen molar-refractivity contribution in [2.75, 3.05) is 47.1 Å². The van der Waals surface area contributed by atoms with E-state index in [0.717, 1.165) is 18.8 Å². The maximum absolute atomic E-state index is 5.83. The van der Waals surface area contributed by atoms with E-state index in [1.54, 1.807) is 20.5 Å². The number of ether oxygens (including phenoxy) is 2. The molecule has 0 amide bonds. The van der Waals surface area contributed by atoms with Gasteiger partial charge in [-0.15, -0.1) is 0 Å². The third-order valence-electron chi connectivity index (χ3n) is 2.70. The Bertz CT molecular complexity index is 269. The van der Waals surface area contributed by atoms with Crippen LogP contribution in [0.5, 0.6) is 0 Å². The zero-order valence-electron chi connectivity index (χ0n) is 10.6. The van der Waals surface area contributed by atoms with Gasteiger partial charge in [0.1, 0.15) is 5.76 Å². The molecule has 0 aliphatic heterocycles. The van der Waals surface area contributed by atoms with Crippen molar-refractivity contribution in [1.82, 2.24) is 4.90 Å². The number of rotatable bonds is 9. The first kappa shape index (κ1) is 14.2. The molecule has 0 radical (unpaired) electrons. The quantitative estimate of drug-likeness (QED) is 0.696. The molecule has 0 saturated carbocycles. The van der Waals surface area contributed by atoms with Gasteiger partial charge in [0.2, 0.25) is 0 Å². The second kappa shape index (κ2) is 8.25. The summed E-state index contributed by atoms with van der Waals surface area (Å²) in [6, 6.07) is 3.91. The first-order valence-electron chi connectivity index (χ1n) is 5.78. The highest BCUT2D eigenvalue weighted by Crippen LogP contribution is 2.19. The van der Waals surface area contributed by atoms with Gasteiger partial charge in [0.15, 0.2) is 0 Å². The van der Waals surface area contributed by atoms with Gasteiger partial charge in [0.25, 0.3) is 0 Å². The number of nitrogens with zero attached hydrogens (tertiary/aromatic N) is 1. The van der Waals surface area contributed by atoms with Crippen LogP contribution in [0.15, 0.2) is 22.8 Å². The normalized spacial score (nSPS) is 13.2. The standard InChI is InChI=1S/C12H22N2O3/c1-15-8-5-14(6-9-16-2)11(10-13)12-4-3-7-17-12/h3-4,7,11H,5-6,8-10,13H2,1-2H3. The fourth-order valence-corrected chi connectivity index (χ4v) is 1.77. The Balaban J connectivity index is 2.63. The maximum Gasteiger partial charge on any atom is 0.122 e. The molecule has 0 saturated heterocycles. The number of hydrogen-bond acceptors (Lipinski definition) is 5. The predicted octanol–water partition coefficient (Wildman–Crippen LogP) is 0.874. The molecule has 1 heterocycles. The summed E-state index contributed by atoms with van der Waals surface area (Å²) in [6.45, 7) is 3.47. The molecule has 2 N–H and O–H groups in total. The van der Waals surface area contributed by atoms with Crippen molar-refractivity contribution in [3.05, 3.63) is 24.2 Å². The molecule has 98 valence electrons. The molecule has 5 heteroatoms.